The zero-order chi connectivity index (χ0) is 18.0. The minimum atomic E-state index is -0.110. The summed E-state index contributed by atoms with van der Waals surface area (Å²) in [6.45, 7) is 4.73. The molecular weight excluding hydrogens is 377 g/mol. The fourth-order valence-corrected chi connectivity index (χ4v) is 4.22. The summed E-state index contributed by atoms with van der Waals surface area (Å²) in [5, 5.41) is 1.12. The molecule has 0 unspecified atom stereocenters. The average molecular weight is 398 g/mol. The number of H-pyrrole nitrogens is 1. The monoisotopic (exact) mass is 397 g/mol. The normalized spacial score (nSPS) is 16.9. The van der Waals surface area contributed by atoms with Gasteiger partial charge in [-0.2, -0.15) is 0 Å². The van der Waals surface area contributed by atoms with E-state index in [-0.39, 0.29) is 11.0 Å². The predicted molar refractivity (Wildman–Crippen MR) is 106 cm³/mol. The lowest BCUT2D eigenvalue weighted by Crippen LogP contribution is -2.42. The molecule has 1 aromatic heterocycles. The minimum Gasteiger partial charge on any atom is -0.358 e. The highest BCUT2D eigenvalue weighted by atomic mass is 35.5. The second kappa shape index (κ2) is 7.62. The van der Waals surface area contributed by atoms with Gasteiger partial charge in [-0.05, 0) is 55.1 Å². The Balaban J connectivity index is 1.74. The van der Waals surface area contributed by atoms with Crippen molar-refractivity contribution in [3.8, 4) is 0 Å². The molecule has 1 aliphatic heterocycles. The summed E-state index contributed by atoms with van der Waals surface area (Å²) in [5.41, 5.74) is 5.96. The molecule has 2 heterocycles. The first-order valence-corrected chi connectivity index (χ1v) is 9.79. The maximum Gasteiger partial charge on any atom is 0.263 e. The Morgan fingerprint density at radius 2 is 1.88 bits per heavy atom. The smallest absolute Gasteiger partial charge is 0.263 e. The van der Waals surface area contributed by atoms with E-state index in [4.69, 9.17) is 28.9 Å². The lowest BCUT2D eigenvalue weighted by molar-refractivity contribution is 0.258. The van der Waals surface area contributed by atoms with Crippen LogP contribution in [0.4, 0.5) is 5.82 Å². The number of nitrogens with one attached hydrogen (secondary N) is 1. The summed E-state index contributed by atoms with van der Waals surface area (Å²) in [7, 11) is 0. The number of aromatic nitrogens is 1. The Morgan fingerprint density at radius 3 is 2.48 bits per heavy atom. The van der Waals surface area contributed by atoms with Crippen molar-refractivity contribution in [2.24, 2.45) is 11.1 Å². The molecule has 2 aromatic rings. The van der Waals surface area contributed by atoms with Crippen LogP contribution in [-0.2, 0) is 0 Å². The Kier molecular flexibility index (Phi) is 5.68. The van der Waals surface area contributed by atoms with Crippen molar-refractivity contribution >= 4 is 40.8 Å². The van der Waals surface area contributed by atoms with Crippen LogP contribution in [0.1, 0.15) is 19.8 Å². The van der Waals surface area contributed by atoms with Gasteiger partial charge in [-0.25, -0.2) is 0 Å². The summed E-state index contributed by atoms with van der Waals surface area (Å²) in [4.78, 5) is 19.1. The number of nitrogens with zero attached hydrogens (tertiary/aromatic N) is 1. The zero-order valence-corrected chi connectivity index (χ0v) is 16.3. The highest BCUT2D eigenvalue weighted by molar-refractivity contribution is 7.99. The van der Waals surface area contributed by atoms with Crippen LogP contribution < -0.4 is 16.2 Å². The summed E-state index contributed by atoms with van der Waals surface area (Å²) in [6.07, 6.45) is 2.06. The molecule has 0 saturated carbocycles. The molecule has 4 nitrogen and oxygen atoms in total. The molecule has 25 heavy (non-hydrogen) atoms. The highest BCUT2D eigenvalue weighted by Crippen LogP contribution is 2.34. The van der Waals surface area contributed by atoms with Gasteiger partial charge in [0.15, 0.2) is 0 Å². The van der Waals surface area contributed by atoms with Crippen LogP contribution in [0.5, 0.6) is 0 Å². The molecule has 0 aliphatic carbocycles. The standard InChI is InChI=1S/C18H21Cl2N3OS/c1-18(11-21)6-8-23(9-7-18)16-5-4-15(17(24)22-16)25-14-3-2-12(19)10-13(14)20/h2-5,10H,6-9,11,21H2,1H3,(H,22,24). The predicted octanol–water partition coefficient (Wildman–Crippen LogP) is 4.40. The summed E-state index contributed by atoms with van der Waals surface area (Å²) >= 11 is 13.4. The molecule has 3 N–H and O–H groups in total. The Labute approximate surface area is 161 Å². The van der Waals surface area contributed by atoms with E-state index in [1.165, 1.54) is 11.8 Å². The number of halogens is 2. The van der Waals surface area contributed by atoms with E-state index in [2.05, 4.69) is 16.8 Å². The molecule has 0 atom stereocenters. The number of rotatable bonds is 4. The molecule has 0 radical (unpaired) electrons. The van der Waals surface area contributed by atoms with Crippen LogP contribution in [-0.4, -0.2) is 24.6 Å². The Hall–Kier alpha value is -1.14. The van der Waals surface area contributed by atoms with E-state index in [0.29, 0.717) is 21.5 Å². The molecule has 134 valence electrons. The maximum atomic E-state index is 12.5. The third-order valence-electron chi connectivity index (χ3n) is 4.78. The molecular formula is C18H21Cl2N3OS. The molecule has 1 aliphatic rings. The van der Waals surface area contributed by atoms with E-state index in [9.17, 15) is 4.79 Å². The van der Waals surface area contributed by atoms with Crippen LogP contribution >= 0.6 is 35.0 Å². The van der Waals surface area contributed by atoms with Crippen molar-refractivity contribution < 1.29 is 0 Å². The Morgan fingerprint density at radius 1 is 1.20 bits per heavy atom. The fourth-order valence-electron chi connectivity index (χ4n) is 2.88. The number of piperidine rings is 1. The first kappa shape index (κ1) is 18.6. The van der Waals surface area contributed by atoms with E-state index >= 15 is 0 Å². The quantitative estimate of drug-likeness (QED) is 0.802. The topological polar surface area (TPSA) is 62.1 Å². The molecule has 0 spiro atoms. The SMILES string of the molecule is CC1(CN)CCN(c2ccc(Sc3ccc(Cl)cc3Cl)c(=O)[nH]2)CC1. The maximum absolute atomic E-state index is 12.5. The van der Waals surface area contributed by atoms with Gasteiger partial charge in [0.05, 0.1) is 9.92 Å². The van der Waals surface area contributed by atoms with E-state index < -0.39 is 0 Å². The lowest BCUT2D eigenvalue weighted by atomic mass is 9.80. The molecule has 7 heteroatoms. The average Bonchev–Trinajstić information content (AvgIpc) is 2.59. The van der Waals surface area contributed by atoms with Gasteiger partial charge in [-0.3, -0.25) is 4.79 Å². The molecule has 3 rings (SSSR count). The highest BCUT2D eigenvalue weighted by Gasteiger charge is 2.29. The zero-order valence-electron chi connectivity index (χ0n) is 14.0. The summed E-state index contributed by atoms with van der Waals surface area (Å²) < 4.78 is 0. The number of hydrogen-bond acceptors (Lipinski definition) is 4. The van der Waals surface area contributed by atoms with Gasteiger partial charge in [0.2, 0.25) is 0 Å². The molecule has 0 bridgehead atoms. The van der Waals surface area contributed by atoms with Crippen molar-refractivity contribution in [2.45, 2.75) is 29.6 Å². The van der Waals surface area contributed by atoms with Crippen molar-refractivity contribution in [3.05, 3.63) is 50.7 Å². The largest absolute Gasteiger partial charge is 0.358 e. The van der Waals surface area contributed by atoms with Crippen molar-refractivity contribution in [2.75, 3.05) is 24.5 Å². The van der Waals surface area contributed by atoms with Crippen LogP contribution in [0.2, 0.25) is 10.0 Å². The number of nitrogens with two attached hydrogens (primary N) is 1. The second-order valence-electron chi connectivity index (χ2n) is 6.72. The fraction of sp³-hybridized carbons (Fsp3) is 0.389. The first-order valence-electron chi connectivity index (χ1n) is 8.21. The lowest BCUT2D eigenvalue weighted by Gasteiger charge is -2.39. The Bertz CT molecular complexity index is 816. The van der Waals surface area contributed by atoms with Crippen LogP contribution in [0.25, 0.3) is 0 Å². The number of hydrogen-bond donors (Lipinski definition) is 2. The van der Waals surface area contributed by atoms with Gasteiger partial charge in [0.1, 0.15) is 5.82 Å². The van der Waals surface area contributed by atoms with Gasteiger partial charge < -0.3 is 15.6 Å². The third kappa shape index (κ3) is 4.34. The number of benzene rings is 1. The van der Waals surface area contributed by atoms with E-state index in [0.717, 1.165) is 36.6 Å². The molecule has 1 aromatic carbocycles. The number of anilines is 1. The molecule has 0 amide bonds. The van der Waals surface area contributed by atoms with Crippen molar-refractivity contribution in [1.29, 1.82) is 0 Å². The first-order chi connectivity index (χ1) is 11.9. The van der Waals surface area contributed by atoms with Crippen molar-refractivity contribution in [1.82, 2.24) is 4.98 Å². The van der Waals surface area contributed by atoms with Gasteiger partial charge >= 0.3 is 0 Å². The van der Waals surface area contributed by atoms with Crippen LogP contribution in [0.3, 0.4) is 0 Å². The minimum absolute atomic E-state index is 0.110. The second-order valence-corrected chi connectivity index (χ2v) is 8.64. The van der Waals surface area contributed by atoms with Crippen LogP contribution in [0.15, 0.2) is 44.9 Å². The van der Waals surface area contributed by atoms with E-state index in [1.807, 2.05) is 18.2 Å². The van der Waals surface area contributed by atoms with Gasteiger partial charge in [0.25, 0.3) is 5.56 Å². The van der Waals surface area contributed by atoms with Gasteiger partial charge in [-0.15, -0.1) is 0 Å². The van der Waals surface area contributed by atoms with E-state index in [1.54, 1.807) is 12.1 Å². The molecule has 1 saturated heterocycles. The number of pyridine rings is 1. The summed E-state index contributed by atoms with van der Waals surface area (Å²) in [5.74, 6) is 0.857. The van der Waals surface area contributed by atoms with Crippen LogP contribution in [0, 0.1) is 5.41 Å². The van der Waals surface area contributed by atoms with Crippen molar-refractivity contribution in [3.63, 3.8) is 0 Å². The third-order valence-corrected chi connectivity index (χ3v) is 6.55. The molecule has 1 fully saturated rings. The van der Waals surface area contributed by atoms with Gasteiger partial charge in [-0.1, -0.05) is 41.9 Å². The number of aromatic amines is 1. The van der Waals surface area contributed by atoms with Gasteiger partial charge in [0, 0.05) is 23.0 Å². The summed E-state index contributed by atoms with van der Waals surface area (Å²) in [6, 6.07) is 9.07.